The predicted octanol–water partition coefficient (Wildman–Crippen LogP) is 4.39. The molecule has 2 aromatic carbocycles. The van der Waals surface area contributed by atoms with E-state index < -0.39 is 0 Å². The minimum atomic E-state index is -0.0726. The second-order valence-electron chi connectivity index (χ2n) is 6.94. The summed E-state index contributed by atoms with van der Waals surface area (Å²) in [6.07, 6.45) is 0.814. The van der Waals surface area contributed by atoms with E-state index in [-0.39, 0.29) is 18.3 Å². The molecule has 0 bridgehead atoms. The van der Waals surface area contributed by atoms with Crippen LogP contribution in [0.5, 0.6) is 5.75 Å². The van der Waals surface area contributed by atoms with E-state index in [2.05, 4.69) is 0 Å². The number of hydrogen-bond donors (Lipinski definition) is 0. The molecule has 0 aliphatic carbocycles. The van der Waals surface area contributed by atoms with Gasteiger partial charge in [-0.15, -0.1) is 0 Å². The number of hydrogen-bond acceptors (Lipinski definition) is 5. The van der Waals surface area contributed by atoms with Gasteiger partial charge < -0.3 is 18.9 Å². The van der Waals surface area contributed by atoms with Crippen molar-refractivity contribution in [2.24, 2.45) is 0 Å². The van der Waals surface area contributed by atoms with Gasteiger partial charge in [0.15, 0.2) is 0 Å². The third kappa shape index (κ3) is 7.43. The van der Waals surface area contributed by atoms with Crippen LogP contribution in [0.2, 0.25) is 0 Å². The lowest BCUT2D eigenvalue weighted by molar-refractivity contribution is -0.0631. The Balaban J connectivity index is 1.77. The molecule has 2 aromatic rings. The first-order valence-corrected chi connectivity index (χ1v) is 9.56. The maximum atomic E-state index is 10.8. The van der Waals surface area contributed by atoms with E-state index in [1.165, 1.54) is 0 Å². The zero-order valence-corrected chi connectivity index (χ0v) is 17.1. The average molecular weight is 386 g/mol. The molecule has 28 heavy (non-hydrogen) atoms. The molecule has 0 saturated heterocycles. The van der Waals surface area contributed by atoms with Crippen LogP contribution in [0, 0.1) is 0 Å². The van der Waals surface area contributed by atoms with Crippen molar-refractivity contribution < 1.29 is 23.7 Å². The predicted molar refractivity (Wildman–Crippen MR) is 110 cm³/mol. The van der Waals surface area contributed by atoms with E-state index in [0.717, 1.165) is 23.2 Å². The SMILES string of the molecule is COCC(C)OCC(C)OCC(C)Oc1ccc(-c2ccc(C=O)cc2)cc1. The Morgan fingerprint density at radius 1 is 0.750 bits per heavy atom. The number of carbonyl (C=O) groups excluding carboxylic acids is 1. The summed E-state index contributed by atoms with van der Waals surface area (Å²) in [6.45, 7) is 7.52. The van der Waals surface area contributed by atoms with Gasteiger partial charge in [-0.05, 0) is 44.0 Å². The first-order valence-electron chi connectivity index (χ1n) is 9.56. The second-order valence-corrected chi connectivity index (χ2v) is 6.94. The molecule has 0 N–H and O–H groups in total. The zero-order valence-electron chi connectivity index (χ0n) is 17.1. The Morgan fingerprint density at radius 3 is 1.79 bits per heavy atom. The molecule has 0 amide bonds. The van der Waals surface area contributed by atoms with Crippen molar-refractivity contribution in [1.82, 2.24) is 0 Å². The van der Waals surface area contributed by atoms with Crippen LogP contribution < -0.4 is 4.74 Å². The summed E-state index contributed by atoms with van der Waals surface area (Å²) in [5, 5.41) is 0. The van der Waals surface area contributed by atoms with Crippen LogP contribution in [0.15, 0.2) is 48.5 Å². The largest absolute Gasteiger partial charge is 0.488 e. The van der Waals surface area contributed by atoms with Crippen LogP contribution in [0.25, 0.3) is 11.1 Å². The topological polar surface area (TPSA) is 54.0 Å². The van der Waals surface area contributed by atoms with Crippen molar-refractivity contribution in [3.8, 4) is 16.9 Å². The summed E-state index contributed by atoms with van der Waals surface area (Å²) in [5.41, 5.74) is 2.81. The van der Waals surface area contributed by atoms with Gasteiger partial charge in [0.05, 0.1) is 32.0 Å². The van der Waals surface area contributed by atoms with Gasteiger partial charge in [-0.3, -0.25) is 4.79 Å². The molecule has 3 unspecified atom stereocenters. The van der Waals surface area contributed by atoms with Gasteiger partial charge in [-0.25, -0.2) is 0 Å². The summed E-state index contributed by atoms with van der Waals surface area (Å²) in [5.74, 6) is 0.794. The number of aldehydes is 1. The van der Waals surface area contributed by atoms with Gasteiger partial charge in [0.25, 0.3) is 0 Å². The first-order chi connectivity index (χ1) is 13.5. The lowest BCUT2D eigenvalue weighted by Gasteiger charge is -2.20. The Morgan fingerprint density at radius 2 is 1.25 bits per heavy atom. The summed E-state index contributed by atoms with van der Waals surface area (Å²) >= 11 is 0. The summed E-state index contributed by atoms with van der Waals surface area (Å²) in [7, 11) is 1.66. The van der Waals surface area contributed by atoms with Crippen molar-refractivity contribution in [3.05, 3.63) is 54.1 Å². The number of methoxy groups -OCH3 is 1. The molecular weight excluding hydrogens is 356 g/mol. The van der Waals surface area contributed by atoms with Crippen LogP contribution >= 0.6 is 0 Å². The van der Waals surface area contributed by atoms with Crippen LogP contribution in [-0.4, -0.2) is 51.5 Å². The fourth-order valence-electron chi connectivity index (χ4n) is 2.68. The van der Waals surface area contributed by atoms with Crippen molar-refractivity contribution in [2.75, 3.05) is 26.9 Å². The third-order valence-corrected chi connectivity index (χ3v) is 4.20. The first kappa shape index (κ1) is 22.1. The minimum Gasteiger partial charge on any atom is -0.488 e. The van der Waals surface area contributed by atoms with Crippen molar-refractivity contribution in [3.63, 3.8) is 0 Å². The van der Waals surface area contributed by atoms with E-state index in [9.17, 15) is 4.79 Å². The molecule has 0 aliphatic rings. The quantitative estimate of drug-likeness (QED) is 0.507. The smallest absolute Gasteiger partial charge is 0.150 e. The maximum Gasteiger partial charge on any atom is 0.150 e. The van der Waals surface area contributed by atoms with Gasteiger partial charge in [-0.1, -0.05) is 36.4 Å². The number of rotatable bonds is 12. The van der Waals surface area contributed by atoms with Gasteiger partial charge >= 0.3 is 0 Å². The number of benzene rings is 2. The van der Waals surface area contributed by atoms with Crippen LogP contribution in [0.1, 0.15) is 31.1 Å². The van der Waals surface area contributed by atoms with Crippen LogP contribution in [-0.2, 0) is 14.2 Å². The molecule has 0 aromatic heterocycles. The Bertz CT molecular complexity index is 696. The minimum absolute atomic E-state index is 0.0120. The normalized spacial score (nSPS) is 14.3. The fraction of sp³-hybridized carbons (Fsp3) is 0.435. The standard InChI is InChI=1S/C23H30O5/c1-17(14-25-4)26-15-18(2)27-16-19(3)28-23-11-9-22(10-12-23)21-7-5-20(13-24)6-8-21/h5-13,17-19H,14-16H2,1-4H3. The van der Waals surface area contributed by atoms with E-state index in [4.69, 9.17) is 18.9 Å². The van der Waals surface area contributed by atoms with Crippen LogP contribution in [0.4, 0.5) is 0 Å². The molecule has 152 valence electrons. The average Bonchev–Trinajstić information content (AvgIpc) is 2.71. The van der Waals surface area contributed by atoms with E-state index >= 15 is 0 Å². The Labute approximate surface area is 167 Å². The maximum absolute atomic E-state index is 10.8. The fourth-order valence-corrected chi connectivity index (χ4v) is 2.68. The molecule has 3 atom stereocenters. The monoisotopic (exact) mass is 386 g/mol. The van der Waals surface area contributed by atoms with Crippen LogP contribution in [0.3, 0.4) is 0 Å². The van der Waals surface area contributed by atoms with Gasteiger partial charge in [-0.2, -0.15) is 0 Å². The Kier molecular flexibility index (Phi) is 9.14. The summed E-state index contributed by atoms with van der Waals surface area (Å²) in [6, 6.07) is 15.4. The Hall–Kier alpha value is -2.21. The molecule has 0 aliphatic heterocycles. The molecule has 5 heteroatoms. The van der Waals surface area contributed by atoms with E-state index in [1.807, 2.05) is 69.3 Å². The summed E-state index contributed by atoms with van der Waals surface area (Å²) in [4.78, 5) is 10.8. The van der Waals surface area contributed by atoms with Gasteiger partial charge in [0.1, 0.15) is 18.1 Å². The molecule has 0 saturated carbocycles. The van der Waals surface area contributed by atoms with Gasteiger partial charge in [0.2, 0.25) is 0 Å². The van der Waals surface area contributed by atoms with Crippen molar-refractivity contribution >= 4 is 6.29 Å². The van der Waals surface area contributed by atoms with Crippen molar-refractivity contribution in [2.45, 2.75) is 39.1 Å². The van der Waals surface area contributed by atoms with E-state index in [1.54, 1.807) is 7.11 Å². The molecule has 0 radical (unpaired) electrons. The second kappa shape index (κ2) is 11.6. The molecule has 2 rings (SSSR count). The van der Waals surface area contributed by atoms with Crippen molar-refractivity contribution in [1.29, 1.82) is 0 Å². The highest BCUT2D eigenvalue weighted by atomic mass is 16.6. The molecular formula is C23H30O5. The van der Waals surface area contributed by atoms with E-state index in [0.29, 0.717) is 25.4 Å². The third-order valence-electron chi connectivity index (χ3n) is 4.20. The number of carbonyl (C=O) groups is 1. The summed E-state index contributed by atoms with van der Waals surface area (Å²) < 4.78 is 22.4. The molecule has 0 fully saturated rings. The molecule has 0 spiro atoms. The highest BCUT2D eigenvalue weighted by molar-refractivity contribution is 5.76. The molecule has 5 nitrogen and oxygen atoms in total. The lowest BCUT2D eigenvalue weighted by Crippen LogP contribution is -2.27. The number of ether oxygens (including phenoxy) is 4. The van der Waals surface area contributed by atoms with Gasteiger partial charge in [0, 0.05) is 12.7 Å². The lowest BCUT2D eigenvalue weighted by atomic mass is 10.0. The molecule has 0 heterocycles. The zero-order chi connectivity index (χ0) is 20.4. The highest BCUT2D eigenvalue weighted by Gasteiger charge is 2.10. The highest BCUT2D eigenvalue weighted by Crippen LogP contribution is 2.23.